The molecule has 0 unspecified atom stereocenters. The van der Waals surface area contributed by atoms with Gasteiger partial charge in [-0.05, 0) is 44.9 Å². The van der Waals surface area contributed by atoms with Crippen molar-refractivity contribution in [1.82, 2.24) is 10.2 Å². The Kier molecular flexibility index (Phi) is 9.28. The van der Waals surface area contributed by atoms with Crippen LogP contribution in [-0.2, 0) is 26.0 Å². The molecule has 0 aliphatic carbocycles. The Bertz CT molecular complexity index is 1040. The van der Waals surface area contributed by atoms with Gasteiger partial charge in [-0.15, -0.1) is 0 Å². The summed E-state index contributed by atoms with van der Waals surface area (Å²) in [6.45, 7) is 5.17. The first-order valence-electron chi connectivity index (χ1n) is 10.8. The summed E-state index contributed by atoms with van der Waals surface area (Å²) in [6.07, 6.45) is 1.58. The van der Waals surface area contributed by atoms with E-state index in [-0.39, 0.29) is 18.5 Å². The summed E-state index contributed by atoms with van der Waals surface area (Å²) in [6, 6.07) is 15.3. The van der Waals surface area contributed by atoms with Gasteiger partial charge < -0.3 is 15.0 Å². The van der Waals surface area contributed by atoms with Gasteiger partial charge in [0.2, 0.25) is 21.8 Å². The van der Waals surface area contributed by atoms with Gasteiger partial charge in [0, 0.05) is 18.7 Å². The Morgan fingerprint density at radius 1 is 1.03 bits per heavy atom. The van der Waals surface area contributed by atoms with E-state index >= 15 is 0 Å². The highest BCUT2D eigenvalue weighted by Gasteiger charge is 2.30. The minimum absolute atomic E-state index is 0.0877. The van der Waals surface area contributed by atoms with Gasteiger partial charge in [-0.1, -0.05) is 36.4 Å². The number of methoxy groups -OCH3 is 1. The Morgan fingerprint density at radius 3 is 2.27 bits per heavy atom. The zero-order valence-electron chi connectivity index (χ0n) is 19.8. The summed E-state index contributed by atoms with van der Waals surface area (Å²) in [5.41, 5.74) is 1.33. The number of carbonyl (C=O) groups excluding carboxylic acids is 2. The van der Waals surface area contributed by atoms with Crippen LogP contribution in [0.3, 0.4) is 0 Å². The van der Waals surface area contributed by atoms with Crippen LogP contribution in [0, 0.1) is 0 Å². The third-order valence-electron chi connectivity index (χ3n) is 5.10. The van der Waals surface area contributed by atoms with Crippen LogP contribution in [0.1, 0.15) is 26.3 Å². The highest BCUT2D eigenvalue weighted by Crippen LogP contribution is 2.23. The molecule has 1 N–H and O–H groups in total. The first-order valence-corrected chi connectivity index (χ1v) is 12.6. The summed E-state index contributed by atoms with van der Waals surface area (Å²) in [4.78, 5) is 27.5. The molecule has 0 radical (unpaired) electrons. The van der Waals surface area contributed by atoms with Gasteiger partial charge in [0.25, 0.3) is 0 Å². The quantitative estimate of drug-likeness (QED) is 0.539. The van der Waals surface area contributed by atoms with Gasteiger partial charge in [0.15, 0.2) is 0 Å². The van der Waals surface area contributed by atoms with E-state index in [1.54, 1.807) is 31.2 Å². The predicted octanol–water partition coefficient (Wildman–Crippen LogP) is 2.45. The molecule has 33 heavy (non-hydrogen) atoms. The van der Waals surface area contributed by atoms with Gasteiger partial charge in [-0.3, -0.25) is 13.9 Å². The lowest BCUT2D eigenvalue weighted by Gasteiger charge is -2.32. The molecule has 0 aliphatic heterocycles. The maximum atomic E-state index is 13.4. The fraction of sp³-hybridized carbons (Fsp3) is 0.417. The molecule has 1 atom stereocenters. The lowest BCUT2D eigenvalue weighted by atomic mass is 10.1. The van der Waals surface area contributed by atoms with Crippen LogP contribution in [0.15, 0.2) is 54.6 Å². The number of hydrogen-bond acceptors (Lipinski definition) is 5. The van der Waals surface area contributed by atoms with Crippen LogP contribution < -0.4 is 14.4 Å². The molecule has 0 aromatic heterocycles. The number of amides is 2. The monoisotopic (exact) mass is 475 g/mol. The number of hydrogen-bond donors (Lipinski definition) is 1. The SMILES string of the molecule is COc1cccc(N(CC(=O)N(CCc2ccccc2)[C@H](C)C(=O)NC(C)C)S(C)(=O)=O)c1. The van der Waals surface area contributed by atoms with E-state index in [0.29, 0.717) is 17.9 Å². The molecule has 9 heteroatoms. The molecule has 0 spiro atoms. The van der Waals surface area contributed by atoms with E-state index in [2.05, 4.69) is 5.32 Å². The highest BCUT2D eigenvalue weighted by atomic mass is 32.2. The smallest absolute Gasteiger partial charge is 0.244 e. The number of ether oxygens (including phenoxy) is 1. The molecule has 2 amide bonds. The molecule has 2 aromatic rings. The van der Waals surface area contributed by atoms with Crippen molar-refractivity contribution in [3.8, 4) is 5.75 Å². The summed E-state index contributed by atoms with van der Waals surface area (Å²) in [5.74, 6) is -0.288. The van der Waals surface area contributed by atoms with E-state index in [1.165, 1.54) is 12.0 Å². The molecule has 0 bridgehead atoms. The second-order valence-electron chi connectivity index (χ2n) is 8.13. The topological polar surface area (TPSA) is 96.0 Å². The van der Waals surface area contributed by atoms with Crippen LogP contribution in [0.4, 0.5) is 5.69 Å². The van der Waals surface area contributed by atoms with Crippen LogP contribution in [0.5, 0.6) is 5.75 Å². The second kappa shape index (κ2) is 11.7. The zero-order chi connectivity index (χ0) is 24.6. The number of benzene rings is 2. The maximum Gasteiger partial charge on any atom is 0.244 e. The maximum absolute atomic E-state index is 13.4. The minimum Gasteiger partial charge on any atom is -0.497 e. The van der Waals surface area contributed by atoms with Crippen molar-refractivity contribution in [3.05, 3.63) is 60.2 Å². The van der Waals surface area contributed by atoms with Crippen LogP contribution >= 0.6 is 0 Å². The van der Waals surface area contributed by atoms with Crippen molar-refractivity contribution in [2.24, 2.45) is 0 Å². The van der Waals surface area contributed by atoms with Crippen LogP contribution in [-0.4, -0.2) is 63.7 Å². The van der Waals surface area contributed by atoms with Gasteiger partial charge in [0.1, 0.15) is 18.3 Å². The van der Waals surface area contributed by atoms with Crippen LogP contribution in [0.2, 0.25) is 0 Å². The van der Waals surface area contributed by atoms with Gasteiger partial charge >= 0.3 is 0 Å². The highest BCUT2D eigenvalue weighted by molar-refractivity contribution is 7.92. The van der Waals surface area contributed by atoms with Gasteiger partial charge in [-0.25, -0.2) is 8.42 Å². The second-order valence-corrected chi connectivity index (χ2v) is 10.0. The largest absolute Gasteiger partial charge is 0.497 e. The average molecular weight is 476 g/mol. The Morgan fingerprint density at radius 2 is 1.70 bits per heavy atom. The first-order chi connectivity index (χ1) is 15.5. The zero-order valence-corrected chi connectivity index (χ0v) is 20.6. The van der Waals surface area contributed by atoms with Gasteiger partial charge in [-0.2, -0.15) is 0 Å². The molecule has 2 rings (SSSR count). The Hall–Kier alpha value is -3.07. The molecule has 0 fully saturated rings. The molecule has 2 aromatic carbocycles. The predicted molar refractivity (Wildman–Crippen MR) is 130 cm³/mol. The van der Waals surface area contributed by atoms with Crippen molar-refractivity contribution in [2.45, 2.75) is 39.3 Å². The third-order valence-corrected chi connectivity index (χ3v) is 6.24. The Labute approximate surface area is 196 Å². The molecule has 8 nitrogen and oxygen atoms in total. The summed E-state index contributed by atoms with van der Waals surface area (Å²) in [7, 11) is -2.29. The van der Waals surface area contributed by atoms with E-state index < -0.39 is 28.5 Å². The number of nitrogens with zero attached hydrogens (tertiary/aromatic N) is 2. The van der Waals surface area contributed by atoms with E-state index in [9.17, 15) is 18.0 Å². The number of sulfonamides is 1. The van der Waals surface area contributed by atoms with Gasteiger partial charge in [0.05, 0.1) is 19.1 Å². The number of nitrogens with one attached hydrogen (secondary N) is 1. The summed E-state index contributed by atoms with van der Waals surface area (Å²) in [5, 5.41) is 2.83. The van der Waals surface area contributed by atoms with Crippen LogP contribution in [0.25, 0.3) is 0 Å². The number of anilines is 1. The molecule has 0 aliphatic rings. The minimum atomic E-state index is -3.77. The summed E-state index contributed by atoms with van der Waals surface area (Å²) < 4.78 is 31.3. The van der Waals surface area contributed by atoms with Crippen molar-refractivity contribution in [2.75, 3.05) is 30.8 Å². The van der Waals surface area contributed by atoms with E-state index in [1.807, 2.05) is 44.2 Å². The molecule has 0 saturated carbocycles. The standard InChI is InChI=1S/C24H33N3O5S/c1-18(2)25-24(29)19(3)26(15-14-20-10-7-6-8-11-20)23(28)17-27(33(5,30)31)21-12-9-13-22(16-21)32-4/h6-13,16,18-19H,14-15,17H2,1-5H3,(H,25,29)/t19-/m1/s1. The summed E-state index contributed by atoms with van der Waals surface area (Å²) >= 11 is 0. The fourth-order valence-corrected chi connectivity index (χ4v) is 4.20. The average Bonchev–Trinajstić information content (AvgIpc) is 2.77. The number of carbonyl (C=O) groups is 2. The lowest BCUT2D eigenvalue weighted by molar-refractivity contribution is -0.139. The molecule has 180 valence electrons. The molecular formula is C24H33N3O5S. The van der Waals surface area contributed by atoms with Crippen molar-refractivity contribution in [1.29, 1.82) is 0 Å². The fourth-order valence-electron chi connectivity index (χ4n) is 3.35. The molecule has 0 saturated heterocycles. The van der Waals surface area contributed by atoms with Crippen molar-refractivity contribution < 1.29 is 22.7 Å². The number of rotatable bonds is 11. The Balaban J connectivity index is 2.32. The first kappa shape index (κ1) is 26.2. The normalized spacial score (nSPS) is 12.2. The molecular weight excluding hydrogens is 442 g/mol. The van der Waals surface area contributed by atoms with Crippen molar-refractivity contribution in [3.63, 3.8) is 0 Å². The molecule has 0 heterocycles. The lowest BCUT2D eigenvalue weighted by Crippen LogP contribution is -2.53. The van der Waals surface area contributed by atoms with Crippen molar-refractivity contribution >= 4 is 27.5 Å². The van der Waals surface area contributed by atoms with E-state index in [4.69, 9.17) is 4.74 Å². The van der Waals surface area contributed by atoms with E-state index in [0.717, 1.165) is 16.1 Å². The third kappa shape index (κ3) is 7.78.